The average Bonchev–Trinajstić information content (AvgIpc) is 2.84. The van der Waals surface area contributed by atoms with Crippen molar-refractivity contribution < 1.29 is 42.4 Å². The minimum atomic E-state index is -3.06. The molecule has 1 aliphatic heterocycles. The van der Waals surface area contributed by atoms with E-state index in [4.69, 9.17) is 13.9 Å². The van der Waals surface area contributed by atoms with Gasteiger partial charge in [-0.05, 0) is 35.4 Å². The highest BCUT2D eigenvalue weighted by Gasteiger charge is 2.34. The van der Waals surface area contributed by atoms with Gasteiger partial charge in [-0.2, -0.15) is 8.78 Å². The van der Waals surface area contributed by atoms with Gasteiger partial charge in [-0.15, -0.1) is 0 Å². The van der Waals surface area contributed by atoms with E-state index in [1.165, 1.54) is 61.9 Å². The standard InChI is InChI=1S/C26H18F2O8/c1-33-19-8-13(4-7-18(19)36-26(27)28)15-9-21(31)35-20-10-17(30)23-24(32)16(11-34-25(23)22(15)20)12-2-5-14(29)6-3-12/h2-8,10-11,15,26,29-30H,9H2,1H3/t15-/m0/s1. The Morgan fingerprint density at radius 3 is 2.47 bits per heavy atom. The molecule has 10 heteroatoms. The average molecular weight is 496 g/mol. The van der Waals surface area contributed by atoms with E-state index < -0.39 is 29.7 Å². The molecule has 8 nitrogen and oxygen atoms in total. The first-order valence-corrected chi connectivity index (χ1v) is 10.7. The Morgan fingerprint density at radius 2 is 1.78 bits per heavy atom. The molecule has 0 fully saturated rings. The predicted octanol–water partition coefficient (Wildman–Crippen LogP) is 4.92. The molecule has 0 radical (unpaired) electrons. The number of carbonyl (C=O) groups is 1. The minimum Gasteiger partial charge on any atom is -0.508 e. The second-order valence-corrected chi connectivity index (χ2v) is 8.06. The van der Waals surface area contributed by atoms with E-state index in [0.29, 0.717) is 16.7 Å². The van der Waals surface area contributed by atoms with Crippen molar-refractivity contribution in [2.24, 2.45) is 0 Å². The van der Waals surface area contributed by atoms with Gasteiger partial charge in [-0.3, -0.25) is 9.59 Å². The fraction of sp³-hybridized carbons (Fsp3) is 0.154. The Hall–Kier alpha value is -4.60. The largest absolute Gasteiger partial charge is 0.508 e. The van der Waals surface area contributed by atoms with Crippen LogP contribution in [0.15, 0.2) is 64.0 Å². The number of aromatic hydroxyl groups is 2. The maximum Gasteiger partial charge on any atom is 0.387 e. The number of hydrogen-bond acceptors (Lipinski definition) is 8. The number of rotatable bonds is 5. The van der Waals surface area contributed by atoms with Crippen molar-refractivity contribution in [2.45, 2.75) is 19.0 Å². The molecule has 0 unspecified atom stereocenters. The zero-order valence-corrected chi connectivity index (χ0v) is 18.7. The van der Waals surface area contributed by atoms with Gasteiger partial charge < -0.3 is 28.8 Å². The fourth-order valence-electron chi connectivity index (χ4n) is 4.35. The lowest BCUT2D eigenvalue weighted by molar-refractivity contribution is -0.135. The van der Waals surface area contributed by atoms with Crippen LogP contribution in [0.5, 0.6) is 28.7 Å². The molecule has 0 amide bonds. The SMILES string of the molecule is COc1cc([C@@H]2CC(=O)Oc3cc(O)c4c(=O)c(-c5ccc(O)cc5)coc4c32)ccc1OC(F)F. The van der Waals surface area contributed by atoms with Gasteiger partial charge in [0.2, 0.25) is 5.43 Å². The van der Waals surface area contributed by atoms with E-state index in [-0.39, 0.29) is 46.0 Å². The minimum absolute atomic E-state index is 0.00802. The first-order valence-electron chi connectivity index (χ1n) is 10.7. The van der Waals surface area contributed by atoms with Gasteiger partial charge in [0, 0.05) is 17.5 Å². The first-order chi connectivity index (χ1) is 17.3. The second kappa shape index (κ2) is 8.88. The normalized spacial score (nSPS) is 15.0. The quantitative estimate of drug-likeness (QED) is 0.296. The van der Waals surface area contributed by atoms with E-state index in [9.17, 15) is 28.6 Å². The third-order valence-electron chi connectivity index (χ3n) is 5.95. The summed E-state index contributed by atoms with van der Waals surface area (Å²) in [6, 6.07) is 11.3. The van der Waals surface area contributed by atoms with Crippen LogP contribution in [0.1, 0.15) is 23.5 Å². The molecule has 0 aliphatic carbocycles. The number of fused-ring (bicyclic) bond motifs is 3. The van der Waals surface area contributed by atoms with E-state index in [1.54, 1.807) is 0 Å². The van der Waals surface area contributed by atoms with Gasteiger partial charge >= 0.3 is 12.6 Å². The summed E-state index contributed by atoms with van der Waals surface area (Å²) < 4.78 is 46.3. The molecule has 184 valence electrons. The van der Waals surface area contributed by atoms with Crippen molar-refractivity contribution in [2.75, 3.05) is 7.11 Å². The van der Waals surface area contributed by atoms with Crippen LogP contribution in [0.25, 0.3) is 22.1 Å². The molecule has 0 saturated carbocycles. The van der Waals surface area contributed by atoms with Crippen LogP contribution < -0.4 is 19.6 Å². The highest BCUT2D eigenvalue weighted by molar-refractivity contribution is 5.94. The van der Waals surface area contributed by atoms with Crippen LogP contribution in [-0.2, 0) is 4.79 Å². The van der Waals surface area contributed by atoms with Crippen LogP contribution in [-0.4, -0.2) is 29.9 Å². The summed E-state index contributed by atoms with van der Waals surface area (Å²) in [6.45, 7) is -3.06. The fourth-order valence-corrected chi connectivity index (χ4v) is 4.35. The van der Waals surface area contributed by atoms with Crippen molar-refractivity contribution in [1.82, 2.24) is 0 Å². The van der Waals surface area contributed by atoms with Gasteiger partial charge in [-0.25, -0.2) is 0 Å². The summed E-state index contributed by atoms with van der Waals surface area (Å²) in [5.74, 6) is -1.88. The molecule has 4 aromatic rings. The monoisotopic (exact) mass is 496 g/mol. The van der Waals surface area contributed by atoms with E-state index in [2.05, 4.69) is 4.74 Å². The number of carbonyl (C=O) groups excluding carboxylic acids is 1. The zero-order valence-electron chi connectivity index (χ0n) is 18.7. The highest BCUT2D eigenvalue weighted by atomic mass is 19.3. The molecule has 0 bridgehead atoms. The summed E-state index contributed by atoms with van der Waals surface area (Å²) in [7, 11) is 1.29. The number of phenolic OH excluding ortho intramolecular Hbond substituents is 2. The molecule has 0 saturated heterocycles. The first kappa shape index (κ1) is 23.2. The third-order valence-corrected chi connectivity index (χ3v) is 5.95. The summed E-state index contributed by atoms with van der Waals surface area (Å²) in [5.41, 5.74) is 0.920. The van der Waals surface area contributed by atoms with Crippen LogP contribution in [0.4, 0.5) is 8.78 Å². The van der Waals surface area contributed by atoms with Crippen LogP contribution in [0.2, 0.25) is 0 Å². The molecule has 36 heavy (non-hydrogen) atoms. The van der Waals surface area contributed by atoms with Crippen LogP contribution in [0.3, 0.4) is 0 Å². The summed E-state index contributed by atoms with van der Waals surface area (Å²) in [6.07, 6.45) is 1.08. The summed E-state index contributed by atoms with van der Waals surface area (Å²) in [5, 5.41) is 20.1. The van der Waals surface area contributed by atoms with Crippen molar-refractivity contribution >= 4 is 16.9 Å². The summed E-state index contributed by atoms with van der Waals surface area (Å²) in [4.78, 5) is 25.8. The number of ether oxygens (including phenoxy) is 3. The van der Waals surface area contributed by atoms with Gasteiger partial charge in [-0.1, -0.05) is 18.2 Å². The van der Waals surface area contributed by atoms with Gasteiger partial charge in [0.15, 0.2) is 11.5 Å². The molecule has 2 heterocycles. The van der Waals surface area contributed by atoms with E-state index >= 15 is 0 Å². The van der Waals surface area contributed by atoms with E-state index in [1.807, 2.05) is 0 Å². The Kier molecular flexibility index (Phi) is 5.71. The van der Waals surface area contributed by atoms with Gasteiger partial charge in [0.05, 0.1) is 19.1 Å². The molecule has 2 N–H and O–H groups in total. The van der Waals surface area contributed by atoms with Crippen molar-refractivity contribution in [3.05, 3.63) is 76.1 Å². The van der Waals surface area contributed by atoms with Crippen molar-refractivity contribution in [3.8, 4) is 39.9 Å². The molecule has 1 aliphatic rings. The number of hydrogen-bond donors (Lipinski definition) is 2. The molecule has 3 aromatic carbocycles. The maximum atomic E-state index is 13.4. The van der Waals surface area contributed by atoms with Crippen LogP contribution >= 0.6 is 0 Å². The zero-order chi connectivity index (χ0) is 25.6. The molecule has 5 rings (SSSR count). The number of halogens is 2. The lowest BCUT2D eigenvalue weighted by Crippen LogP contribution is -2.22. The lowest BCUT2D eigenvalue weighted by Gasteiger charge is -2.26. The Labute approximate surface area is 201 Å². The van der Waals surface area contributed by atoms with Crippen LogP contribution in [0, 0.1) is 0 Å². The lowest BCUT2D eigenvalue weighted by atomic mass is 9.84. The Balaban J connectivity index is 1.70. The number of methoxy groups -OCH3 is 1. The molecule has 1 atom stereocenters. The van der Waals surface area contributed by atoms with Crippen molar-refractivity contribution in [1.29, 1.82) is 0 Å². The number of benzene rings is 3. The third kappa shape index (κ3) is 3.96. The smallest absolute Gasteiger partial charge is 0.387 e. The topological polar surface area (TPSA) is 115 Å². The molecular weight excluding hydrogens is 478 g/mol. The number of alkyl halides is 2. The van der Waals surface area contributed by atoms with Gasteiger partial charge in [0.25, 0.3) is 0 Å². The predicted molar refractivity (Wildman–Crippen MR) is 123 cm³/mol. The second-order valence-electron chi connectivity index (χ2n) is 8.06. The van der Waals surface area contributed by atoms with E-state index in [0.717, 1.165) is 0 Å². The van der Waals surface area contributed by atoms with Gasteiger partial charge in [0.1, 0.15) is 34.5 Å². The molecule has 0 spiro atoms. The number of phenols is 2. The molecule has 1 aromatic heterocycles. The highest BCUT2D eigenvalue weighted by Crippen LogP contribution is 2.47. The maximum absolute atomic E-state index is 13.4. The Morgan fingerprint density at radius 1 is 1.03 bits per heavy atom. The number of esters is 1. The van der Waals surface area contributed by atoms with Crippen molar-refractivity contribution in [3.63, 3.8) is 0 Å². The Bertz CT molecular complexity index is 1540. The molecular formula is C26H18F2O8. The summed E-state index contributed by atoms with van der Waals surface area (Å²) >= 11 is 0.